The van der Waals surface area contributed by atoms with Crippen molar-refractivity contribution < 1.29 is 4.79 Å². The van der Waals surface area contributed by atoms with Gasteiger partial charge in [0.05, 0.1) is 0 Å². The largest absolute Gasteiger partial charge is 0.346 e. The van der Waals surface area contributed by atoms with Crippen molar-refractivity contribution in [1.82, 2.24) is 14.7 Å². The molecule has 5 heteroatoms. The van der Waals surface area contributed by atoms with Gasteiger partial charge in [-0.1, -0.05) is 6.42 Å². The Balaban J connectivity index is 1.36. The molecule has 2 N–H and O–H groups in total. The maximum absolute atomic E-state index is 12.7. The fourth-order valence-electron chi connectivity index (χ4n) is 5.38. The van der Waals surface area contributed by atoms with Crippen molar-refractivity contribution in [2.45, 2.75) is 57.4 Å². The van der Waals surface area contributed by atoms with Gasteiger partial charge in [-0.25, -0.2) is 0 Å². The van der Waals surface area contributed by atoms with Gasteiger partial charge in [-0.05, 0) is 96.6 Å². The molecule has 2 atom stereocenters. The van der Waals surface area contributed by atoms with Crippen molar-refractivity contribution >= 4 is 5.91 Å². The van der Waals surface area contributed by atoms with E-state index in [1.54, 1.807) is 0 Å². The van der Waals surface area contributed by atoms with Gasteiger partial charge in [-0.2, -0.15) is 0 Å². The molecule has 0 aromatic carbocycles. The van der Waals surface area contributed by atoms with Crippen molar-refractivity contribution in [3.8, 4) is 0 Å². The van der Waals surface area contributed by atoms with Gasteiger partial charge in [-0.3, -0.25) is 4.79 Å². The molecule has 0 aromatic heterocycles. The Kier molecular flexibility index (Phi) is 7.35. The average molecular weight is 365 g/mol. The van der Waals surface area contributed by atoms with Gasteiger partial charge in [0, 0.05) is 25.6 Å². The van der Waals surface area contributed by atoms with Crippen LogP contribution in [0.1, 0.15) is 51.4 Å². The minimum Gasteiger partial charge on any atom is -0.346 e. The molecular weight excluding hydrogens is 324 g/mol. The molecule has 1 saturated carbocycles. The lowest BCUT2D eigenvalue weighted by Crippen LogP contribution is -2.47. The van der Waals surface area contributed by atoms with Crippen LogP contribution in [-0.2, 0) is 4.79 Å². The number of nitrogens with zero attached hydrogens (tertiary/aromatic N) is 3. The van der Waals surface area contributed by atoms with E-state index in [1.807, 2.05) is 11.9 Å². The van der Waals surface area contributed by atoms with E-state index in [0.29, 0.717) is 18.4 Å². The highest BCUT2D eigenvalue weighted by Gasteiger charge is 2.34. The molecule has 0 bridgehead atoms. The third-order valence-corrected chi connectivity index (χ3v) is 7.38. The Morgan fingerprint density at radius 3 is 2.38 bits per heavy atom. The number of rotatable bonds is 6. The van der Waals surface area contributed by atoms with Crippen LogP contribution >= 0.6 is 0 Å². The van der Waals surface area contributed by atoms with Gasteiger partial charge >= 0.3 is 0 Å². The van der Waals surface area contributed by atoms with Gasteiger partial charge in [0.1, 0.15) is 0 Å². The monoisotopic (exact) mass is 364 g/mol. The Hall–Kier alpha value is -0.650. The Bertz CT molecular complexity index is 441. The van der Waals surface area contributed by atoms with Crippen molar-refractivity contribution in [3.05, 3.63) is 0 Å². The molecule has 0 unspecified atom stereocenters. The summed E-state index contributed by atoms with van der Waals surface area (Å²) in [6, 6.07) is 0.812. The highest BCUT2D eigenvalue weighted by Crippen LogP contribution is 2.32. The molecule has 2 heterocycles. The summed E-state index contributed by atoms with van der Waals surface area (Å²) < 4.78 is 0. The molecule has 26 heavy (non-hydrogen) atoms. The molecule has 2 saturated heterocycles. The average Bonchev–Trinajstić information content (AvgIpc) is 3.15. The minimum absolute atomic E-state index is 0.191. The van der Waals surface area contributed by atoms with E-state index in [1.165, 1.54) is 64.7 Å². The number of likely N-dealkylation sites (tertiary alicyclic amines) is 2. The smallest absolute Gasteiger partial charge is 0.225 e. The van der Waals surface area contributed by atoms with E-state index in [0.717, 1.165) is 31.3 Å². The zero-order chi connectivity index (χ0) is 18.5. The van der Waals surface area contributed by atoms with Crippen molar-refractivity contribution in [2.24, 2.45) is 23.5 Å². The Morgan fingerprint density at radius 1 is 1.04 bits per heavy atom. The lowest BCUT2D eigenvalue weighted by Gasteiger charge is -2.41. The summed E-state index contributed by atoms with van der Waals surface area (Å²) in [7, 11) is 4.24. The van der Waals surface area contributed by atoms with Crippen LogP contribution in [-0.4, -0.2) is 80.0 Å². The maximum atomic E-state index is 12.7. The number of amides is 1. The fourth-order valence-corrected chi connectivity index (χ4v) is 5.38. The SMILES string of the molecule is CN1CCC(N2CCC(CCN(C)C(=O)[C@@H]3CCC[C@@H]3CN)CC2)CC1. The second kappa shape index (κ2) is 9.52. The summed E-state index contributed by atoms with van der Waals surface area (Å²) in [6.45, 7) is 6.61. The van der Waals surface area contributed by atoms with E-state index >= 15 is 0 Å². The van der Waals surface area contributed by atoms with Crippen LogP contribution in [0, 0.1) is 17.8 Å². The second-order valence-corrected chi connectivity index (χ2v) is 9.10. The predicted molar refractivity (Wildman–Crippen MR) is 107 cm³/mol. The highest BCUT2D eigenvalue weighted by atomic mass is 16.2. The van der Waals surface area contributed by atoms with Crippen LogP contribution in [0.15, 0.2) is 0 Å². The summed E-state index contributed by atoms with van der Waals surface area (Å²) in [5.41, 5.74) is 5.86. The number of carbonyl (C=O) groups is 1. The van der Waals surface area contributed by atoms with Crippen LogP contribution < -0.4 is 5.73 Å². The zero-order valence-corrected chi connectivity index (χ0v) is 17.0. The Morgan fingerprint density at radius 2 is 1.73 bits per heavy atom. The van der Waals surface area contributed by atoms with Gasteiger partial charge in [0.15, 0.2) is 0 Å². The van der Waals surface area contributed by atoms with Crippen molar-refractivity contribution in [2.75, 3.05) is 53.4 Å². The lowest BCUT2D eigenvalue weighted by atomic mass is 9.90. The molecule has 5 nitrogen and oxygen atoms in total. The van der Waals surface area contributed by atoms with Crippen LogP contribution in [0.3, 0.4) is 0 Å². The summed E-state index contributed by atoms with van der Waals surface area (Å²) in [5.74, 6) is 1.75. The van der Waals surface area contributed by atoms with Gasteiger partial charge in [-0.15, -0.1) is 0 Å². The molecular formula is C21H40N4O. The molecule has 2 aliphatic heterocycles. The molecule has 1 amide bonds. The highest BCUT2D eigenvalue weighted by molar-refractivity contribution is 5.79. The molecule has 3 aliphatic rings. The maximum Gasteiger partial charge on any atom is 0.225 e. The topological polar surface area (TPSA) is 52.8 Å². The predicted octanol–water partition coefficient (Wildman–Crippen LogP) is 2.02. The molecule has 0 radical (unpaired) electrons. The number of carbonyl (C=O) groups excluding carboxylic acids is 1. The quantitative estimate of drug-likeness (QED) is 0.783. The number of hydrogen-bond donors (Lipinski definition) is 1. The molecule has 0 aromatic rings. The summed E-state index contributed by atoms with van der Waals surface area (Å²) in [5, 5.41) is 0. The summed E-state index contributed by atoms with van der Waals surface area (Å²) in [4.78, 5) is 19.9. The van der Waals surface area contributed by atoms with Crippen LogP contribution in [0.2, 0.25) is 0 Å². The molecule has 1 aliphatic carbocycles. The zero-order valence-electron chi connectivity index (χ0n) is 17.0. The number of hydrogen-bond acceptors (Lipinski definition) is 4. The summed E-state index contributed by atoms with van der Waals surface area (Å²) >= 11 is 0. The third-order valence-electron chi connectivity index (χ3n) is 7.38. The second-order valence-electron chi connectivity index (χ2n) is 9.10. The standard InChI is InChI=1S/C21H40N4O/c1-23-11-9-19(10-12-23)25-14-7-17(8-15-25)6-13-24(2)21(26)20-5-3-4-18(20)16-22/h17-20H,3-16,22H2,1-2H3/t18-,20-/m1/s1. The molecule has 3 rings (SSSR count). The van der Waals surface area contributed by atoms with E-state index in [2.05, 4.69) is 16.8 Å². The van der Waals surface area contributed by atoms with E-state index in [4.69, 9.17) is 5.73 Å². The van der Waals surface area contributed by atoms with Crippen molar-refractivity contribution in [1.29, 1.82) is 0 Å². The minimum atomic E-state index is 0.191. The number of nitrogens with two attached hydrogens (primary N) is 1. The van der Waals surface area contributed by atoms with Crippen molar-refractivity contribution in [3.63, 3.8) is 0 Å². The first kappa shape index (κ1) is 20.1. The normalized spacial score (nSPS) is 30.0. The first-order chi connectivity index (χ1) is 12.6. The van der Waals surface area contributed by atoms with Gasteiger partial charge in [0.2, 0.25) is 5.91 Å². The molecule has 3 fully saturated rings. The first-order valence-electron chi connectivity index (χ1n) is 11.0. The summed E-state index contributed by atoms with van der Waals surface area (Å²) in [6.07, 6.45) is 9.80. The van der Waals surface area contributed by atoms with E-state index < -0.39 is 0 Å². The van der Waals surface area contributed by atoms with E-state index in [-0.39, 0.29) is 5.92 Å². The fraction of sp³-hybridized carbons (Fsp3) is 0.952. The molecule has 150 valence electrons. The lowest BCUT2D eigenvalue weighted by molar-refractivity contribution is -0.135. The first-order valence-corrected chi connectivity index (χ1v) is 11.0. The third kappa shape index (κ3) is 4.99. The van der Waals surface area contributed by atoms with Gasteiger partial charge in [0.25, 0.3) is 0 Å². The van der Waals surface area contributed by atoms with Gasteiger partial charge < -0.3 is 20.4 Å². The number of piperidine rings is 2. The molecule has 0 spiro atoms. The van der Waals surface area contributed by atoms with Crippen LogP contribution in [0.4, 0.5) is 0 Å². The Labute approximate surface area is 160 Å². The van der Waals surface area contributed by atoms with Crippen LogP contribution in [0.5, 0.6) is 0 Å². The van der Waals surface area contributed by atoms with Crippen LogP contribution in [0.25, 0.3) is 0 Å². The van der Waals surface area contributed by atoms with E-state index in [9.17, 15) is 4.79 Å².